The molecule has 0 saturated carbocycles. The number of hydrogen-bond donors (Lipinski definition) is 0. The first kappa shape index (κ1) is 19.6. The molecule has 0 atom stereocenters. The topological polar surface area (TPSA) is 51.9 Å². The average molecular weight is 482 g/mol. The average Bonchev–Trinajstić information content (AvgIpc) is 2.79. The lowest BCUT2D eigenvalue weighted by atomic mass is 10.0. The zero-order chi connectivity index (χ0) is 21.5. The van der Waals surface area contributed by atoms with Crippen LogP contribution in [0.3, 0.4) is 0 Å². The van der Waals surface area contributed by atoms with Gasteiger partial charge in [0.15, 0.2) is 6.73 Å². The highest BCUT2D eigenvalue weighted by atomic mass is 79.9. The largest absolute Gasteiger partial charge is 0.496 e. The molecule has 3 aromatic carbocycles. The van der Waals surface area contributed by atoms with Gasteiger partial charge in [-0.15, -0.1) is 0 Å². The molecule has 7 heteroatoms. The van der Waals surface area contributed by atoms with Gasteiger partial charge in [-0.3, -0.25) is 4.79 Å². The zero-order valence-corrected chi connectivity index (χ0v) is 18.1. The Morgan fingerprint density at radius 2 is 1.94 bits per heavy atom. The summed E-state index contributed by atoms with van der Waals surface area (Å²) in [5.74, 6) is 0.850. The van der Waals surface area contributed by atoms with Crippen molar-refractivity contribution in [1.82, 2.24) is 0 Å². The van der Waals surface area contributed by atoms with Crippen molar-refractivity contribution >= 4 is 32.6 Å². The summed E-state index contributed by atoms with van der Waals surface area (Å²) in [6.45, 7) is 0.544. The number of nitrogens with zero attached hydrogens (tertiary/aromatic N) is 1. The van der Waals surface area contributed by atoms with Gasteiger partial charge in [0.25, 0.3) is 0 Å². The SMILES string of the molecule is COc1ccccc1-c1coc2c3c(ccc2c1=O)OCN(c1ccc(Br)cc1F)C3. The van der Waals surface area contributed by atoms with Crippen molar-refractivity contribution in [2.75, 3.05) is 18.7 Å². The summed E-state index contributed by atoms with van der Waals surface area (Å²) in [4.78, 5) is 15.1. The molecule has 0 spiro atoms. The second-order valence-corrected chi connectivity index (χ2v) is 8.08. The molecular formula is C24H17BrFNO4. The van der Waals surface area contributed by atoms with Gasteiger partial charge in [-0.1, -0.05) is 34.1 Å². The predicted octanol–water partition coefficient (Wildman–Crippen LogP) is 5.73. The highest BCUT2D eigenvalue weighted by molar-refractivity contribution is 9.10. The summed E-state index contributed by atoms with van der Waals surface area (Å²) in [6, 6.07) is 15.6. The lowest BCUT2D eigenvalue weighted by molar-refractivity contribution is 0.287. The molecule has 0 bridgehead atoms. The molecule has 31 heavy (non-hydrogen) atoms. The van der Waals surface area contributed by atoms with Crippen molar-refractivity contribution in [2.45, 2.75) is 6.54 Å². The van der Waals surface area contributed by atoms with Crippen LogP contribution in [0.25, 0.3) is 22.1 Å². The summed E-state index contributed by atoms with van der Waals surface area (Å²) in [5, 5.41) is 0.434. The van der Waals surface area contributed by atoms with Gasteiger partial charge in [0, 0.05) is 10.0 Å². The summed E-state index contributed by atoms with van der Waals surface area (Å²) < 4.78 is 32.3. The van der Waals surface area contributed by atoms with Crippen molar-refractivity contribution in [3.05, 3.63) is 86.9 Å². The van der Waals surface area contributed by atoms with E-state index in [-0.39, 0.29) is 18.0 Å². The quantitative estimate of drug-likeness (QED) is 0.374. The van der Waals surface area contributed by atoms with Crippen molar-refractivity contribution in [3.8, 4) is 22.6 Å². The van der Waals surface area contributed by atoms with Gasteiger partial charge in [0.1, 0.15) is 29.2 Å². The first-order valence-electron chi connectivity index (χ1n) is 9.60. The van der Waals surface area contributed by atoms with Crippen molar-refractivity contribution in [2.24, 2.45) is 0 Å². The maximum atomic E-state index is 14.5. The van der Waals surface area contributed by atoms with E-state index < -0.39 is 0 Å². The molecule has 0 N–H and O–H groups in total. The van der Waals surface area contributed by atoms with E-state index in [1.165, 1.54) is 12.3 Å². The smallest absolute Gasteiger partial charge is 0.200 e. The third kappa shape index (κ3) is 3.35. The van der Waals surface area contributed by atoms with Gasteiger partial charge in [-0.2, -0.15) is 0 Å². The van der Waals surface area contributed by atoms with Crippen LogP contribution in [-0.2, 0) is 6.54 Å². The Kier molecular flexibility index (Phi) is 4.90. The van der Waals surface area contributed by atoms with Gasteiger partial charge < -0.3 is 18.8 Å². The van der Waals surface area contributed by atoms with E-state index in [0.717, 1.165) is 0 Å². The van der Waals surface area contributed by atoms with Gasteiger partial charge in [-0.05, 0) is 36.4 Å². The van der Waals surface area contributed by atoms with Gasteiger partial charge in [0.2, 0.25) is 5.43 Å². The Balaban J connectivity index is 1.61. The third-order valence-electron chi connectivity index (χ3n) is 5.37. The molecule has 0 aliphatic carbocycles. The Morgan fingerprint density at radius 1 is 1.10 bits per heavy atom. The molecule has 1 aliphatic rings. The monoisotopic (exact) mass is 481 g/mol. The van der Waals surface area contributed by atoms with E-state index in [9.17, 15) is 9.18 Å². The van der Waals surface area contributed by atoms with Crippen LogP contribution in [0.2, 0.25) is 0 Å². The molecule has 0 amide bonds. The molecule has 1 aliphatic heterocycles. The molecule has 4 aromatic rings. The minimum absolute atomic E-state index is 0.166. The minimum atomic E-state index is -0.360. The van der Waals surface area contributed by atoms with Crippen molar-refractivity contribution in [3.63, 3.8) is 0 Å². The number of ether oxygens (including phenoxy) is 2. The Labute approximate surface area is 185 Å². The third-order valence-corrected chi connectivity index (χ3v) is 5.87. The number of rotatable bonds is 3. The summed E-state index contributed by atoms with van der Waals surface area (Å²) in [5.41, 5.74) is 2.46. The Morgan fingerprint density at radius 3 is 2.74 bits per heavy atom. The number of para-hydroxylation sites is 1. The van der Waals surface area contributed by atoms with Crippen LogP contribution in [-0.4, -0.2) is 13.8 Å². The number of benzene rings is 3. The molecule has 0 saturated heterocycles. The highest BCUT2D eigenvalue weighted by Crippen LogP contribution is 2.36. The van der Waals surface area contributed by atoms with E-state index in [0.29, 0.717) is 55.9 Å². The van der Waals surface area contributed by atoms with Crippen LogP contribution in [0.15, 0.2) is 74.5 Å². The standard InChI is InChI=1S/C24H17BrFNO4/c1-29-21-5-3-2-4-15(21)18-12-30-24-16(23(18)28)7-9-22-17(24)11-27(13-31-22)20-8-6-14(25)10-19(20)26/h2-10,12H,11,13H2,1H3. The van der Waals surface area contributed by atoms with Gasteiger partial charge in [-0.25, -0.2) is 4.39 Å². The van der Waals surface area contributed by atoms with E-state index >= 15 is 0 Å². The zero-order valence-electron chi connectivity index (χ0n) is 16.5. The molecule has 0 radical (unpaired) electrons. The molecule has 2 heterocycles. The number of halogens is 2. The highest BCUT2D eigenvalue weighted by Gasteiger charge is 2.25. The fourth-order valence-electron chi connectivity index (χ4n) is 3.85. The number of fused-ring (bicyclic) bond motifs is 3. The molecular weight excluding hydrogens is 465 g/mol. The molecule has 0 unspecified atom stereocenters. The number of anilines is 1. The first-order chi connectivity index (χ1) is 15.1. The van der Waals surface area contributed by atoms with Crippen molar-refractivity contribution in [1.29, 1.82) is 0 Å². The van der Waals surface area contributed by atoms with Crippen LogP contribution < -0.4 is 19.8 Å². The number of hydrogen-bond acceptors (Lipinski definition) is 5. The van der Waals surface area contributed by atoms with Gasteiger partial charge in [0.05, 0.1) is 35.9 Å². The van der Waals surface area contributed by atoms with Crippen LogP contribution in [0, 0.1) is 5.82 Å². The fourth-order valence-corrected chi connectivity index (χ4v) is 4.19. The van der Waals surface area contributed by atoms with Crippen LogP contribution >= 0.6 is 15.9 Å². The maximum Gasteiger partial charge on any atom is 0.200 e. The molecule has 5 nitrogen and oxygen atoms in total. The normalized spacial score (nSPS) is 13.1. The second-order valence-electron chi connectivity index (χ2n) is 7.16. The first-order valence-corrected chi connectivity index (χ1v) is 10.4. The lowest BCUT2D eigenvalue weighted by Crippen LogP contribution is -2.32. The predicted molar refractivity (Wildman–Crippen MR) is 120 cm³/mol. The summed E-state index contributed by atoms with van der Waals surface area (Å²) in [6.07, 6.45) is 1.45. The molecule has 1 aromatic heterocycles. The van der Waals surface area contributed by atoms with Gasteiger partial charge >= 0.3 is 0 Å². The van der Waals surface area contributed by atoms with E-state index in [2.05, 4.69) is 15.9 Å². The van der Waals surface area contributed by atoms with Crippen LogP contribution in [0.1, 0.15) is 5.56 Å². The van der Waals surface area contributed by atoms with E-state index in [4.69, 9.17) is 13.9 Å². The Bertz CT molecular complexity index is 1370. The van der Waals surface area contributed by atoms with E-state index in [1.54, 1.807) is 42.3 Å². The summed E-state index contributed by atoms with van der Waals surface area (Å²) in [7, 11) is 1.56. The van der Waals surface area contributed by atoms with Crippen LogP contribution in [0.4, 0.5) is 10.1 Å². The fraction of sp³-hybridized carbons (Fsp3) is 0.125. The lowest BCUT2D eigenvalue weighted by Gasteiger charge is -2.31. The number of methoxy groups -OCH3 is 1. The Hall–Kier alpha value is -3.32. The second kappa shape index (κ2) is 7.74. The maximum absolute atomic E-state index is 14.5. The molecule has 5 rings (SSSR count). The molecule has 156 valence electrons. The molecule has 0 fully saturated rings. The van der Waals surface area contributed by atoms with Crippen molar-refractivity contribution < 1.29 is 18.3 Å². The minimum Gasteiger partial charge on any atom is -0.496 e. The summed E-state index contributed by atoms with van der Waals surface area (Å²) >= 11 is 3.27. The van der Waals surface area contributed by atoms with E-state index in [1.807, 2.05) is 18.2 Å². The van der Waals surface area contributed by atoms with Crippen LogP contribution in [0.5, 0.6) is 11.5 Å².